The number of aliphatic hydroxyl groups excluding tert-OH is 1. The molecule has 4 atom stereocenters. The number of carbonyl (C=O) groups excluding carboxylic acids is 2. The van der Waals surface area contributed by atoms with Gasteiger partial charge in [-0.1, -0.05) is 49.3 Å². The van der Waals surface area contributed by atoms with Gasteiger partial charge in [0.1, 0.15) is 17.5 Å². The lowest BCUT2D eigenvalue weighted by Crippen LogP contribution is -2.48. The van der Waals surface area contributed by atoms with Crippen LogP contribution >= 0.6 is 0 Å². The summed E-state index contributed by atoms with van der Waals surface area (Å²) in [5.41, 5.74) is 2.26. The number of aliphatic hydroxyl groups is 1. The Balaban J connectivity index is 1.43. The molecule has 4 heterocycles. The molecule has 2 aliphatic rings. The van der Waals surface area contributed by atoms with Crippen molar-refractivity contribution in [3.05, 3.63) is 71.9 Å². The second-order valence-corrected chi connectivity index (χ2v) is 10.3. The maximum Gasteiger partial charge on any atom is 0.257 e. The van der Waals surface area contributed by atoms with Gasteiger partial charge in [0.2, 0.25) is 5.91 Å². The summed E-state index contributed by atoms with van der Waals surface area (Å²) in [6.45, 7) is 7.63. The molecule has 1 saturated heterocycles. The summed E-state index contributed by atoms with van der Waals surface area (Å²) in [4.78, 5) is 37.6. The number of nitrogens with one attached hydrogen (secondary N) is 1. The third-order valence-corrected chi connectivity index (χ3v) is 7.23. The first-order valence-electron chi connectivity index (χ1n) is 12.5. The number of aromatic nitrogens is 2. The number of rotatable bonds is 6. The van der Waals surface area contributed by atoms with Crippen molar-refractivity contribution in [2.75, 3.05) is 6.54 Å². The topological polar surface area (TPSA) is 121 Å². The van der Waals surface area contributed by atoms with Crippen LogP contribution in [-0.2, 0) is 15.1 Å². The van der Waals surface area contributed by atoms with Crippen molar-refractivity contribution < 1.29 is 19.2 Å². The predicted molar refractivity (Wildman–Crippen MR) is 138 cm³/mol. The maximum absolute atomic E-state index is 13.7. The summed E-state index contributed by atoms with van der Waals surface area (Å²) in [7, 11) is 0. The van der Waals surface area contributed by atoms with Crippen LogP contribution in [0.2, 0.25) is 0 Å². The number of β-amino-alcohol motifs (C(OH)–C–C–N with tert-alkyl or cyclic N) is 1. The van der Waals surface area contributed by atoms with Crippen molar-refractivity contribution >= 4 is 17.6 Å². The van der Waals surface area contributed by atoms with E-state index in [4.69, 9.17) is 9.52 Å². The van der Waals surface area contributed by atoms with E-state index < -0.39 is 23.6 Å². The van der Waals surface area contributed by atoms with Gasteiger partial charge in [-0.15, -0.1) is 0 Å². The molecule has 3 aromatic rings. The van der Waals surface area contributed by atoms with E-state index in [1.54, 1.807) is 30.3 Å². The number of likely N-dealkylation sites (tertiary alicyclic amines) is 1. The fourth-order valence-electron chi connectivity index (χ4n) is 5.19. The zero-order valence-corrected chi connectivity index (χ0v) is 21.4. The fourth-order valence-corrected chi connectivity index (χ4v) is 5.19. The van der Waals surface area contributed by atoms with Gasteiger partial charge in [0.15, 0.2) is 5.54 Å². The Morgan fingerprint density at radius 3 is 2.59 bits per heavy atom. The molecule has 9 nitrogen and oxygen atoms in total. The molecule has 2 unspecified atom stereocenters. The number of aliphatic imine (C=N–C) groups is 1. The van der Waals surface area contributed by atoms with E-state index >= 15 is 0 Å². The van der Waals surface area contributed by atoms with E-state index in [2.05, 4.69) is 15.5 Å². The Labute approximate surface area is 215 Å². The molecule has 1 fully saturated rings. The highest BCUT2D eigenvalue weighted by atomic mass is 16.5. The first kappa shape index (κ1) is 24.8. The SMILES string of the molecule is Cc1cc(C(C(=O)N2C[C@H](O)C[C@@H]2C2=NC(C)(c3ccc(-c4cccnc4)cc3)C(=O)N2)C(C)C)on1. The summed E-state index contributed by atoms with van der Waals surface area (Å²) >= 11 is 0. The Bertz CT molecular complexity index is 1330. The minimum absolute atomic E-state index is 0.0538. The van der Waals surface area contributed by atoms with Crippen LogP contribution in [0.15, 0.2) is 64.4 Å². The largest absolute Gasteiger partial charge is 0.391 e. The van der Waals surface area contributed by atoms with Crippen molar-refractivity contribution in [2.45, 2.75) is 57.7 Å². The number of benzene rings is 1. The normalized spacial score (nSPS) is 24.3. The van der Waals surface area contributed by atoms with Crippen LogP contribution in [0.5, 0.6) is 0 Å². The van der Waals surface area contributed by atoms with Crippen molar-refractivity contribution in [3.8, 4) is 11.1 Å². The van der Waals surface area contributed by atoms with Gasteiger partial charge in [-0.05, 0) is 42.5 Å². The smallest absolute Gasteiger partial charge is 0.257 e. The Kier molecular flexibility index (Phi) is 6.41. The van der Waals surface area contributed by atoms with Crippen LogP contribution in [0.3, 0.4) is 0 Å². The number of aryl methyl sites for hydroxylation is 1. The Morgan fingerprint density at radius 1 is 1.22 bits per heavy atom. The average molecular weight is 502 g/mol. The molecule has 1 aromatic carbocycles. The molecular weight excluding hydrogens is 470 g/mol. The zero-order chi connectivity index (χ0) is 26.3. The van der Waals surface area contributed by atoms with E-state index in [1.165, 1.54) is 0 Å². The monoisotopic (exact) mass is 501 g/mol. The van der Waals surface area contributed by atoms with Crippen LogP contribution in [0.25, 0.3) is 11.1 Å². The third-order valence-electron chi connectivity index (χ3n) is 7.23. The van der Waals surface area contributed by atoms with Gasteiger partial charge in [0.05, 0.1) is 17.8 Å². The van der Waals surface area contributed by atoms with E-state index in [9.17, 15) is 14.7 Å². The summed E-state index contributed by atoms with van der Waals surface area (Å²) < 4.78 is 5.44. The number of amides is 2. The fraction of sp³-hybridized carbons (Fsp3) is 0.393. The number of amidine groups is 1. The molecule has 5 rings (SSSR count). The third kappa shape index (κ3) is 4.55. The molecule has 0 aliphatic carbocycles. The molecule has 2 aromatic heterocycles. The maximum atomic E-state index is 13.7. The van der Waals surface area contributed by atoms with Crippen LogP contribution in [0, 0.1) is 12.8 Å². The van der Waals surface area contributed by atoms with Gasteiger partial charge in [-0.2, -0.15) is 0 Å². The molecule has 0 radical (unpaired) electrons. The zero-order valence-electron chi connectivity index (χ0n) is 21.4. The van der Waals surface area contributed by atoms with Crippen LogP contribution in [-0.4, -0.2) is 56.5 Å². The molecule has 2 N–H and O–H groups in total. The van der Waals surface area contributed by atoms with Gasteiger partial charge in [0, 0.05) is 31.4 Å². The highest BCUT2D eigenvalue weighted by molar-refractivity contribution is 6.11. The number of carbonyl (C=O) groups is 2. The predicted octanol–water partition coefficient (Wildman–Crippen LogP) is 3.19. The van der Waals surface area contributed by atoms with Crippen molar-refractivity contribution in [2.24, 2.45) is 10.9 Å². The van der Waals surface area contributed by atoms with Crippen molar-refractivity contribution in [1.82, 2.24) is 20.4 Å². The summed E-state index contributed by atoms with van der Waals surface area (Å²) in [5.74, 6) is -0.172. The highest BCUT2D eigenvalue weighted by Crippen LogP contribution is 2.35. The summed E-state index contributed by atoms with van der Waals surface area (Å²) in [5, 5.41) is 17.4. The molecule has 37 heavy (non-hydrogen) atoms. The second kappa shape index (κ2) is 9.55. The number of pyridine rings is 1. The summed E-state index contributed by atoms with van der Waals surface area (Å²) in [6.07, 6.45) is 3.09. The van der Waals surface area contributed by atoms with Crippen LogP contribution in [0.1, 0.15) is 50.1 Å². The van der Waals surface area contributed by atoms with Crippen molar-refractivity contribution in [1.29, 1.82) is 0 Å². The van der Waals surface area contributed by atoms with Gasteiger partial charge in [-0.3, -0.25) is 14.6 Å². The van der Waals surface area contributed by atoms with Crippen molar-refractivity contribution in [3.63, 3.8) is 0 Å². The molecule has 9 heteroatoms. The highest BCUT2D eigenvalue weighted by Gasteiger charge is 2.48. The number of nitrogens with zero attached hydrogens (tertiary/aromatic N) is 4. The van der Waals surface area contributed by atoms with Gasteiger partial charge < -0.3 is 19.8 Å². The van der Waals surface area contributed by atoms with E-state index in [1.807, 2.05) is 57.2 Å². The minimum Gasteiger partial charge on any atom is -0.391 e. The molecule has 2 aliphatic heterocycles. The van der Waals surface area contributed by atoms with Crippen LogP contribution in [0.4, 0.5) is 0 Å². The molecule has 2 amide bonds. The molecule has 192 valence electrons. The average Bonchev–Trinajstić information content (AvgIpc) is 3.57. The molecule has 0 saturated carbocycles. The van der Waals surface area contributed by atoms with Gasteiger partial charge >= 0.3 is 0 Å². The van der Waals surface area contributed by atoms with Crippen LogP contribution < -0.4 is 5.32 Å². The van der Waals surface area contributed by atoms with E-state index in [0.29, 0.717) is 23.7 Å². The van der Waals surface area contributed by atoms with E-state index in [-0.39, 0.29) is 24.3 Å². The molecule has 0 spiro atoms. The quantitative estimate of drug-likeness (QED) is 0.535. The first-order chi connectivity index (χ1) is 17.7. The molecule has 0 bridgehead atoms. The van der Waals surface area contributed by atoms with E-state index in [0.717, 1.165) is 16.7 Å². The molecular formula is C28H31N5O4. The number of hydrogen-bond donors (Lipinski definition) is 2. The lowest BCUT2D eigenvalue weighted by atomic mass is 9.91. The Hall–Kier alpha value is -3.85. The first-order valence-corrected chi connectivity index (χ1v) is 12.5. The number of hydrogen-bond acceptors (Lipinski definition) is 7. The standard InChI is InChI=1S/C28H31N5O4/c1-16(2)24(23-12-17(3)32-37-23)26(35)33-15-21(34)13-22(33)25-30-27(36)28(4,31-25)20-9-7-18(8-10-20)19-6-5-11-29-14-19/h5-12,14,16,21-22,24,34H,13,15H2,1-4H3,(H,30,31,36)/t21-,22-,24?,28?/m1/s1. The van der Waals surface area contributed by atoms with Gasteiger partial charge in [0.25, 0.3) is 5.91 Å². The lowest BCUT2D eigenvalue weighted by Gasteiger charge is -2.29. The second-order valence-electron chi connectivity index (χ2n) is 10.3. The Morgan fingerprint density at radius 2 is 1.97 bits per heavy atom. The summed E-state index contributed by atoms with van der Waals surface area (Å²) in [6, 6.07) is 12.7. The lowest BCUT2D eigenvalue weighted by molar-refractivity contribution is -0.134. The minimum atomic E-state index is -1.15. The van der Waals surface area contributed by atoms with Gasteiger partial charge in [-0.25, -0.2) is 4.99 Å².